The zero-order valence-electron chi connectivity index (χ0n) is 11.1. The molecule has 1 aromatic heterocycles. The molecular formula is C13H18N2O3. The fourth-order valence-corrected chi connectivity index (χ4v) is 1.76. The summed E-state index contributed by atoms with van der Waals surface area (Å²) in [7, 11) is 0. The molecule has 0 saturated carbocycles. The predicted octanol–water partition coefficient (Wildman–Crippen LogP) is 1.72. The standard InChI is InChI=1S/C13H18N2O3/c1-5-15(13(3,4)12(17)18)11(16)10-7-6-8-14-9(10)2/h6-8H,5H2,1-4H3,(H,17,18). The summed E-state index contributed by atoms with van der Waals surface area (Å²) in [5.74, 6) is -1.34. The van der Waals surface area contributed by atoms with Crippen molar-refractivity contribution < 1.29 is 14.7 Å². The molecule has 0 aliphatic rings. The van der Waals surface area contributed by atoms with Crippen molar-refractivity contribution in [3.63, 3.8) is 0 Å². The van der Waals surface area contributed by atoms with Crippen LogP contribution in [0.5, 0.6) is 0 Å². The molecule has 1 amide bonds. The summed E-state index contributed by atoms with van der Waals surface area (Å²) in [6.45, 7) is 6.85. The molecule has 0 fully saturated rings. The zero-order valence-corrected chi connectivity index (χ0v) is 11.1. The molecule has 0 saturated heterocycles. The van der Waals surface area contributed by atoms with E-state index in [0.717, 1.165) is 0 Å². The third-order valence-corrected chi connectivity index (χ3v) is 3.00. The van der Waals surface area contributed by atoms with Gasteiger partial charge in [0, 0.05) is 18.4 Å². The lowest BCUT2D eigenvalue weighted by Crippen LogP contribution is -2.53. The van der Waals surface area contributed by atoms with Crippen LogP contribution in [0.2, 0.25) is 0 Å². The summed E-state index contributed by atoms with van der Waals surface area (Å²) < 4.78 is 0. The molecule has 0 radical (unpaired) electrons. The number of amides is 1. The van der Waals surface area contributed by atoms with Gasteiger partial charge in [0.05, 0.1) is 5.56 Å². The first kappa shape index (κ1) is 14.2. The number of aliphatic carboxylic acids is 1. The number of likely N-dealkylation sites (N-methyl/N-ethyl adjacent to an activating group) is 1. The van der Waals surface area contributed by atoms with E-state index in [4.69, 9.17) is 0 Å². The average Bonchev–Trinajstić information content (AvgIpc) is 2.29. The maximum Gasteiger partial charge on any atom is 0.329 e. The molecule has 0 aliphatic heterocycles. The second-order valence-corrected chi connectivity index (χ2v) is 4.55. The van der Waals surface area contributed by atoms with Crippen LogP contribution < -0.4 is 0 Å². The van der Waals surface area contributed by atoms with E-state index < -0.39 is 11.5 Å². The second-order valence-electron chi connectivity index (χ2n) is 4.55. The molecule has 1 N–H and O–H groups in total. The Labute approximate surface area is 106 Å². The largest absolute Gasteiger partial charge is 0.480 e. The van der Waals surface area contributed by atoms with E-state index in [-0.39, 0.29) is 5.91 Å². The van der Waals surface area contributed by atoms with E-state index in [2.05, 4.69) is 4.98 Å². The number of carbonyl (C=O) groups excluding carboxylic acids is 1. The molecular weight excluding hydrogens is 232 g/mol. The highest BCUT2D eigenvalue weighted by Crippen LogP contribution is 2.19. The summed E-state index contributed by atoms with van der Waals surface area (Å²) in [4.78, 5) is 29.0. The Morgan fingerprint density at radius 3 is 2.50 bits per heavy atom. The number of rotatable bonds is 4. The average molecular weight is 250 g/mol. The number of carbonyl (C=O) groups is 2. The monoisotopic (exact) mass is 250 g/mol. The number of nitrogens with zero attached hydrogens (tertiary/aromatic N) is 2. The third-order valence-electron chi connectivity index (χ3n) is 3.00. The molecule has 5 heteroatoms. The van der Waals surface area contributed by atoms with Crippen molar-refractivity contribution in [2.24, 2.45) is 0 Å². The number of pyridine rings is 1. The van der Waals surface area contributed by atoms with Crippen LogP contribution in [0.1, 0.15) is 36.8 Å². The van der Waals surface area contributed by atoms with E-state index in [1.807, 2.05) is 0 Å². The lowest BCUT2D eigenvalue weighted by Gasteiger charge is -2.34. The molecule has 0 unspecified atom stereocenters. The fourth-order valence-electron chi connectivity index (χ4n) is 1.76. The molecule has 98 valence electrons. The number of aromatic nitrogens is 1. The number of carboxylic acid groups (broad SMARTS) is 1. The summed E-state index contributed by atoms with van der Waals surface area (Å²) in [6.07, 6.45) is 1.60. The first-order valence-corrected chi connectivity index (χ1v) is 5.79. The van der Waals surface area contributed by atoms with Crippen LogP contribution in [0.4, 0.5) is 0 Å². The number of hydrogen-bond donors (Lipinski definition) is 1. The number of hydrogen-bond acceptors (Lipinski definition) is 3. The van der Waals surface area contributed by atoms with E-state index in [1.165, 1.54) is 18.7 Å². The van der Waals surface area contributed by atoms with Crippen molar-refractivity contribution in [2.45, 2.75) is 33.2 Å². The normalized spacial score (nSPS) is 11.1. The van der Waals surface area contributed by atoms with Gasteiger partial charge in [-0.3, -0.25) is 9.78 Å². The lowest BCUT2D eigenvalue weighted by molar-refractivity contribution is -0.147. The quantitative estimate of drug-likeness (QED) is 0.883. The molecule has 1 aromatic rings. The van der Waals surface area contributed by atoms with Gasteiger partial charge in [0.15, 0.2) is 0 Å². The highest BCUT2D eigenvalue weighted by Gasteiger charge is 2.37. The molecule has 0 aromatic carbocycles. The summed E-state index contributed by atoms with van der Waals surface area (Å²) in [6, 6.07) is 3.33. The van der Waals surface area contributed by atoms with Crippen molar-refractivity contribution in [1.29, 1.82) is 0 Å². The van der Waals surface area contributed by atoms with Crippen LogP contribution in [0, 0.1) is 6.92 Å². The Kier molecular flexibility index (Phi) is 4.06. The Morgan fingerprint density at radius 1 is 1.44 bits per heavy atom. The van der Waals surface area contributed by atoms with Crippen LogP contribution >= 0.6 is 0 Å². The van der Waals surface area contributed by atoms with Gasteiger partial charge in [-0.25, -0.2) is 4.79 Å². The van der Waals surface area contributed by atoms with Gasteiger partial charge in [-0.05, 0) is 39.8 Å². The fraction of sp³-hybridized carbons (Fsp3) is 0.462. The Balaban J connectivity index is 3.16. The van der Waals surface area contributed by atoms with Gasteiger partial charge in [-0.15, -0.1) is 0 Å². The summed E-state index contributed by atoms with van der Waals surface area (Å²) >= 11 is 0. The van der Waals surface area contributed by atoms with Gasteiger partial charge < -0.3 is 10.0 Å². The molecule has 1 heterocycles. The Hall–Kier alpha value is -1.91. The maximum absolute atomic E-state index is 12.4. The second kappa shape index (κ2) is 5.16. The first-order chi connectivity index (χ1) is 8.32. The van der Waals surface area contributed by atoms with Crippen molar-refractivity contribution >= 4 is 11.9 Å². The van der Waals surface area contributed by atoms with E-state index in [9.17, 15) is 14.7 Å². The van der Waals surface area contributed by atoms with E-state index in [0.29, 0.717) is 17.8 Å². The highest BCUT2D eigenvalue weighted by atomic mass is 16.4. The van der Waals surface area contributed by atoms with Crippen LogP contribution in [-0.2, 0) is 4.79 Å². The molecule has 5 nitrogen and oxygen atoms in total. The minimum absolute atomic E-state index is 0.310. The van der Waals surface area contributed by atoms with Gasteiger partial charge in [0.25, 0.3) is 5.91 Å². The molecule has 18 heavy (non-hydrogen) atoms. The van der Waals surface area contributed by atoms with Crippen LogP contribution in [-0.4, -0.2) is 39.0 Å². The third kappa shape index (κ3) is 2.50. The van der Waals surface area contributed by atoms with Crippen LogP contribution in [0.15, 0.2) is 18.3 Å². The van der Waals surface area contributed by atoms with Crippen molar-refractivity contribution in [3.8, 4) is 0 Å². The molecule has 1 rings (SSSR count). The van der Waals surface area contributed by atoms with Gasteiger partial charge >= 0.3 is 5.97 Å². The minimum Gasteiger partial charge on any atom is -0.480 e. The molecule has 0 spiro atoms. The summed E-state index contributed by atoms with van der Waals surface area (Å²) in [5.41, 5.74) is -0.204. The van der Waals surface area contributed by atoms with Gasteiger partial charge in [0.2, 0.25) is 0 Å². The zero-order chi connectivity index (χ0) is 13.9. The molecule has 0 atom stereocenters. The SMILES string of the molecule is CCN(C(=O)c1cccnc1C)C(C)(C)C(=O)O. The van der Waals surface area contributed by atoms with E-state index in [1.54, 1.807) is 32.2 Å². The molecule has 0 bridgehead atoms. The van der Waals surface area contributed by atoms with Crippen LogP contribution in [0.25, 0.3) is 0 Å². The number of aryl methyl sites for hydroxylation is 1. The van der Waals surface area contributed by atoms with Gasteiger partial charge in [0.1, 0.15) is 5.54 Å². The number of carboxylic acids is 1. The first-order valence-electron chi connectivity index (χ1n) is 5.79. The highest BCUT2D eigenvalue weighted by molar-refractivity contribution is 5.98. The Morgan fingerprint density at radius 2 is 2.06 bits per heavy atom. The van der Waals surface area contributed by atoms with Crippen molar-refractivity contribution in [1.82, 2.24) is 9.88 Å². The van der Waals surface area contributed by atoms with Crippen molar-refractivity contribution in [2.75, 3.05) is 6.54 Å². The van der Waals surface area contributed by atoms with Crippen molar-refractivity contribution in [3.05, 3.63) is 29.6 Å². The smallest absolute Gasteiger partial charge is 0.329 e. The topological polar surface area (TPSA) is 70.5 Å². The van der Waals surface area contributed by atoms with E-state index >= 15 is 0 Å². The van der Waals surface area contributed by atoms with Crippen LogP contribution in [0.3, 0.4) is 0 Å². The lowest BCUT2D eigenvalue weighted by atomic mass is 10.0. The minimum atomic E-state index is -1.24. The summed E-state index contributed by atoms with van der Waals surface area (Å²) in [5, 5.41) is 9.20. The maximum atomic E-state index is 12.4. The Bertz CT molecular complexity index is 469. The van der Waals surface area contributed by atoms with Gasteiger partial charge in [-0.2, -0.15) is 0 Å². The molecule has 0 aliphatic carbocycles. The predicted molar refractivity (Wildman–Crippen MR) is 67.4 cm³/mol. The van der Waals surface area contributed by atoms with Gasteiger partial charge in [-0.1, -0.05) is 0 Å².